The molecule has 100 valence electrons. The molecule has 1 N–H and O–H groups in total. The van der Waals surface area contributed by atoms with E-state index in [4.69, 9.17) is 0 Å². The van der Waals surface area contributed by atoms with Crippen molar-refractivity contribution in [3.63, 3.8) is 0 Å². The lowest BCUT2D eigenvalue weighted by Crippen LogP contribution is -2.35. The van der Waals surface area contributed by atoms with E-state index in [1.165, 1.54) is 31.2 Å². The Morgan fingerprint density at radius 1 is 1.06 bits per heavy atom. The SMILES string of the molecule is Oc1ccc(CC(CBr)(CBr)C2CCCC2)cc1. The summed E-state index contributed by atoms with van der Waals surface area (Å²) < 4.78 is 0. The lowest BCUT2D eigenvalue weighted by molar-refractivity contribution is 0.233. The molecule has 2 rings (SSSR count). The van der Waals surface area contributed by atoms with Gasteiger partial charge in [0.15, 0.2) is 0 Å². The molecule has 0 atom stereocenters. The molecule has 0 spiro atoms. The van der Waals surface area contributed by atoms with Crippen LogP contribution >= 0.6 is 31.9 Å². The van der Waals surface area contributed by atoms with Gasteiger partial charge in [-0.25, -0.2) is 0 Å². The third-order valence-corrected chi connectivity index (χ3v) is 6.48. The van der Waals surface area contributed by atoms with E-state index in [0.29, 0.717) is 11.2 Å². The molecule has 0 unspecified atom stereocenters. The van der Waals surface area contributed by atoms with Crippen LogP contribution in [0.25, 0.3) is 0 Å². The Bertz CT molecular complexity index is 365. The molecule has 1 aromatic carbocycles. The van der Waals surface area contributed by atoms with Gasteiger partial charge in [0.2, 0.25) is 0 Å². The molecule has 0 radical (unpaired) electrons. The number of halogens is 2. The average Bonchev–Trinajstić information content (AvgIpc) is 2.93. The van der Waals surface area contributed by atoms with E-state index in [1.54, 1.807) is 12.1 Å². The summed E-state index contributed by atoms with van der Waals surface area (Å²) in [6.07, 6.45) is 6.54. The summed E-state index contributed by atoms with van der Waals surface area (Å²) in [7, 11) is 0. The van der Waals surface area contributed by atoms with Gasteiger partial charge in [-0.05, 0) is 48.3 Å². The number of phenols is 1. The van der Waals surface area contributed by atoms with Gasteiger partial charge in [0.05, 0.1) is 0 Å². The lowest BCUT2D eigenvalue weighted by Gasteiger charge is -2.36. The molecule has 0 aromatic heterocycles. The van der Waals surface area contributed by atoms with Gasteiger partial charge < -0.3 is 5.11 Å². The Balaban J connectivity index is 2.16. The highest BCUT2D eigenvalue weighted by molar-refractivity contribution is 9.09. The summed E-state index contributed by atoms with van der Waals surface area (Å²) in [6, 6.07) is 7.67. The smallest absolute Gasteiger partial charge is 0.115 e. The summed E-state index contributed by atoms with van der Waals surface area (Å²) in [5.74, 6) is 1.16. The van der Waals surface area contributed by atoms with Gasteiger partial charge in [0.1, 0.15) is 5.75 Å². The molecule has 1 aliphatic carbocycles. The molecule has 1 aromatic rings. The van der Waals surface area contributed by atoms with Crippen LogP contribution in [-0.2, 0) is 6.42 Å². The lowest BCUT2D eigenvalue weighted by atomic mass is 9.73. The zero-order valence-corrected chi connectivity index (χ0v) is 13.7. The molecule has 0 amide bonds. The summed E-state index contributed by atoms with van der Waals surface area (Å²) in [5, 5.41) is 11.4. The highest BCUT2D eigenvalue weighted by Crippen LogP contribution is 2.44. The first-order chi connectivity index (χ1) is 8.70. The Hall–Kier alpha value is -0.0200. The summed E-state index contributed by atoms with van der Waals surface area (Å²) in [5.41, 5.74) is 1.63. The second kappa shape index (κ2) is 6.42. The van der Waals surface area contributed by atoms with Crippen LogP contribution in [0.15, 0.2) is 24.3 Å². The summed E-state index contributed by atoms with van der Waals surface area (Å²) in [6.45, 7) is 0. The van der Waals surface area contributed by atoms with Crippen LogP contribution in [0.4, 0.5) is 0 Å². The van der Waals surface area contributed by atoms with Crippen molar-refractivity contribution in [2.75, 3.05) is 10.7 Å². The number of phenolic OH excluding ortho intramolecular Hbond substituents is 1. The third kappa shape index (κ3) is 3.11. The minimum atomic E-state index is 0.313. The van der Waals surface area contributed by atoms with Gasteiger partial charge >= 0.3 is 0 Å². The van der Waals surface area contributed by atoms with Crippen LogP contribution < -0.4 is 0 Å². The molecule has 18 heavy (non-hydrogen) atoms. The van der Waals surface area contributed by atoms with E-state index < -0.39 is 0 Å². The molecular weight excluding hydrogens is 356 g/mol. The van der Waals surface area contributed by atoms with Gasteiger partial charge in [-0.3, -0.25) is 0 Å². The first kappa shape index (κ1) is 14.4. The zero-order valence-electron chi connectivity index (χ0n) is 10.5. The molecule has 0 aliphatic heterocycles. The van der Waals surface area contributed by atoms with Crippen LogP contribution in [0.5, 0.6) is 5.75 Å². The van der Waals surface area contributed by atoms with Crippen molar-refractivity contribution >= 4 is 31.9 Å². The van der Waals surface area contributed by atoms with Crippen molar-refractivity contribution in [2.45, 2.75) is 32.1 Å². The molecule has 3 heteroatoms. The minimum absolute atomic E-state index is 0.313. The molecule has 1 aliphatic rings. The number of aromatic hydroxyl groups is 1. The standard InChI is InChI=1S/C15H20Br2O/c16-10-15(11-17,13-3-1-2-4-13)9-12-5-7-14(18)8-6-12/h5-8,13,18H,1-4,9-11H2. The van der Waals surface area contributed by atoms with E-state index in [2.05, 4.69) is 31.9 Å². The number of alkyl halides is 2. The molecule has 1 nitrogen and oxygen atoms in total. The van der Waals surface area contributed by atoms with Crippen LogP contribution in [0.2, 0.25) is 0 Å². The first-order valence-electron chi connectivity index (χ1n) is 6.60. The largest absolute Gasteiger partial charge is 0.508 e. The fraction of sp³-hybridized carbons (Fsp3) is 0.600. The van der Waals surface area contributed by atoms with Gasteiger partial charge in [0, 0.05) is 10.7 Å². The molecule has 1 saturated carbocycles. The average molecular weight is 376 g/mol. The Labute approximate surface area is 126 Å². The van der Waals surface area contributed by atoms with E-state index in [0.717, 1.165) is 23.0 Å². The number of hydrogen-bond donors (Lipinski definition) is 1. The van der Waals surface area contributed by atoms with E-state index in [9.17, 15) is 5.11 Å². The maximum absolute atomic E-state index is 9.36. The van der Waals surface area contributed by atoms with Gasteiger partial charge in [-0.15, -0.1) is 0 Å². The van der Waals surface area contributed by atoms with Crippen molar-refractivity contribution in [3.8, 4) is 5.75 Å². The normalized spacial score (nSPS) is 17.2. The van der Waals surface area contributed by atoms with Crippen molar-refractivity contribution in [1.82, 2.24) is 0 Å². The van der Waals surface area contributed by atoms with E-state index in [-0.39, 0.29) is 0 Å². The zero-order chi connectivity index (χ0) is 13.0. The molecule has 0 saturated heterocycles. The van der Waals surface area contributed by atoms with E-state index >= 15 is 0 Å². The fourth-order valence-corrected chi connectivity index (χ4v) is 5.29. The van der Waals surface area contributed by atoms with Crippen LogP contribution in [0.3, 0.4) is 0 Å². The van der Waals surface area contributed by atoms with E-state index in [1.807, 2.05) is 12.1 Å². The van der Waals surface area contributed by atoms with Crippen molar-refractivity contribution in [3.05, 3.63) is 29.8 Å². The predicted octanol–water partition coefficient (Wildman–Crippen LogP) is 4.90. The quantitative estimate of drug-likeness (QED) is 0.725. The number of benzene rings is 1. The minimum Gasteiger partial charge on any atom is -0.508 e. The third-order valence-electron chi connectivity index (χ3n) is 4.25. The predicted molar refractivity (Wildman–Crippen MR) is 83.8 cm³/mol. The maximum atomic E-state index is 9.36. The second-order valence-electron chi connectivity index (χ2n) is 5.45. The highest BCUT2D eigenvalue weighted by atomic mass is 79.9. The van der Waals surface area contributed by atoms with Crippen molar-refractivity contribution in [1.29, 1.82) is 0 Å². The van der Waals surface area contributed by atoms with Gasteiger partial charge in [-0.2, -0.15) is 0 Å². The summed E-state index contributed by atoms with van der Waals surface area (Å²) in [4.78, 5) is 0. The van der Waals surface area contributed by atoms with Crippen LogP contribution in [0.1, 0.15) is 31.2 Å². The summed E-state index contributed by atoms with van der Waals surface area (Å²) >= 11 is 7.47. The highest BCUT2D eigenvalue weighted by Gasteiger charge is 2.38. The van der Waals surface area contributed by atoms with Crippen LogP contribution in [0, 0.1) is 11.3 Å². The first-order valence-corrected chi connectivity index (χ1v) is 8.84. The number of rotatable bonds is 5. The Kier molecular flexibility index (Phi) is 5.14. The second-order valence-corrected chi connectivity index (χ2v) is 6.58. The molecule has 1 fully saturated rings. The van der Waals surface area contributed by atoms with Gasteiger partial charge in [0.25, 0.3) is 0 Å². The Morgan fingerprint density at radius 2 is 1.61 bits per heavy atom. The van der Waals surface area contributed by atoms with Crippen molar-refractivity contribution in [2.24, 2.45) is 11.3 Å². The fourth-order valence-electron chi connectivity index (χ4n) is 3.05. The van der Waals surface area contributed by atoms with Crippen molar-refractivity contribution < 1.29 is 5.11 Å². The Morgan fingerprint density at radius 3 is 2.11 bits per heavy atom. The van der Waals surface area contributed by atoms with Gasteiger partial charge in [-0.1, -0.05) is 56.8 Å². The monoisotopic (exact) mass is 374 g/mol. The number of hydrogen-bond acceptors (Lipinski definition) is 1. The maximum Gasteiger partial charge on any atom is 0.115 e. The van der Waals surface area contributed by atoms with Crippen LogP contribution in [-0.4, -0.2) is 15.8 Å². The topological polar surface area (TPSA) is 20.2 Å². The molecule has 0 heterocycles. The molecule has 0 bridgehead atoms. The molecular formula is C15H20Br2O.